The Hall–Kier alpha value is -2.66. The maximum Gasteiger partial charge on any atom is 0.165 e. The number of hydrogen-bond acceptors (Lipinski definition) is 7. The minimum absolute atomic E-state index is 0.106. The Kier molecular flexibility index (Phi) is 7.03. The van der Waals surface area contributed by atoms with Crippen LogP contribution >= 0.6 is 0 Å². The summed E-state index contributed by atoms with van der Waals surface area (Å²) in [6.07, 6.45) is 2.93. The molecule has 2 heterocycles. The van der Waals surface area contributed by atoms with Gasteiger partial charge in [0.2, 0.25) is 0 Å². The molecule has 1 aliphatic rings. The van der Waals surface area contributed by atoms with Crippen LogP contribution in [0.4, 0.5) is 10.2 Å². The monoisotopic (exact) mass is 445 g/mol. The van der Waals surface area contributed by atoms with Crippen molar-refractivity contribution in [3.63, 3.8) is 0 Å². The zero-order valence-electron chi connectivity index (χ0n) is 16.8. The summed E-state index contributed by atoms with van der Waals surface area (Å²) in [7, 11) is 0. The molecule has 164 valence electrons. The second-order valence-corrected chi connectivity index (χ2v) is 7.84. The molecule has 1 unspecified atom stereocenters. The van der Waals surface area contributed by atoms with Gasteiger partial charge in [-0.15, -0.1) is 0 Å². The van der Waals surface area contributed by atoms with Crippen molar-refractivity contribution in [3.8, 4) is 11.5 Å². The number of benzene rings is 2. The van der Waals surface area contributed by atoms with Gasteiger partial charge in [-0.25, -0.2) is 14.1 Å². The molecule has 0 spiro atoms. The van der Waals surface area contributed by atoms with Gasteiger partial charge in [0.05, 0.1) is 30.4 Å². The number of halogens is 1. The van der Waals surface area contributed by atoms with Gasteiger partial charge in [0.1, 0.15) is 11.6 Å². The predicted molar refractivity (Wildman–Crippen MR) is 114 cm³/mol. The van der Waals surface area contributed by atoms with E-state index < -0.39 is 17.1 Å². The quantitative estimate of drug-likeness (QED) is 0.420. The van der Waals surface area contributed by atoms with Crippen molar-refractivity contribution in [1.29, 1.82) is 0 Å². The van der Waals surface area contributed by atoms with Crippen LogP contribution in [-0.4, -0.2) is 51.6 Å². The topological polar surface area (TPSA) is 99.6 Å². The average Bonchev–Trinajstić information content (AvgIpc) is 2.79. The third-order valence-corrected chi connectivity index (χ3v) is 5.36. The van der Waals surface area contributed by atoms with Crippen molar-refractivity contribution in [2.75, 3.05) is 37.7 Å². The van der Waals surface area contributed by atoms with Crippen LogP contribution in [0.5, 0.6) is 11.5 Å². The van der Waals surface area contributed by atoms with Crippen LogP contribution in [0.3, 0.4) is 0 Å². The van der Waals surface area contributed by atoms with Crippen LogP contribution in [0, 0.1) is 5.82 Å². The SMILES string of the molecule is O=S([O-])NCCCc1ccc(F)c(Oc2ccc3ncc(N4CCOCC4)nc3c2)c1. The van der Waals surface area contributed by atoms with Crippen molar-refractivity contribution in [3.05, 3.63) is 54.0 Å². The third kappa shape index (κ3) is 5.73. The minimum atomic E-state index is -2.28. The lowest BCUT2D eigenvalue weighted by atomic mass is 10.1. The van der Waals surface area contributed by atoms with Crippen LogP contribution in [0.2, 0.25) is 0 Å². The van der Waals surface area contributed by atoms with E-state index in [0.29, 0.717) is 43.9 Å². The molecule has 0 aliphatic carbocycles. The molecule has 1 N–H and O–H groups in total. The van der Waals surface area contributed by atoms with E-state index in [2.05, 4.69) is 19.6 Å². The summed E-state index contributed by atoms with van der Waals surface area (Å²) in [5.41, 5.74) is 2.24. The number of aromatic nitrogens is 2. The van der Waals surface area contributed by atoms with Crippen molar-refractivity contribution in [2.45, 2.75) is 12.8 Å². The lowest BCUT2D eigenvalue weighted by Gasteiger charge is -2.27. The van der Waals surface area contributed by atoms with Crippen LogP contribution < -0.4 is 14.4 Å². The van der Waals surface area contributed by atoms with Crippen LogP contribution in [0.15, 0.2) is 42.6 Å². The number of fused-ring (bicyclic) bond motifs is 1. The molecule has 10 heteroatoms. The van der Waals surface area contributed by atoms with Gasteiger partial charge < -0.3 is 18.9 Å². The molecule has 0 bridgehead atoms. The molecule has 1 saturated heterocycles. The predicted octanol–water partition coefficient (Wildman–Crippen LogP) is 2.71. The highest BCUT2D eigenvalue weighted by Gasteiger charge is 2.14. The van der Waals surface area contributed by atoms with Gasteiger partial charge in [0, 0.05) is 37.0 Å². The maximum atomic E-state index is 14.3. The summed E-state index contributed by atoms with van der Waals surface area (Å²) in [5.74, 6) is 0.861. The molecule has 3 aromatic rings. The van der Waals surface area contributed by atoms with Gasteiger partial charge in [0.25, 0.3) is 0 Å². The highest BCUT2D eigenvalue weighted by molar-refractivity contribution is 7.77. The zero-order valence-corrected chi connectivity index (χ0v) is 17.6. The molecule has 0 radical (unpaired) electrons. The number of ether oxygens (including phenoxy) is 2. The molecule has 1 aromatic heterocycles. The van der Waals surface area contributed by atoms with Gasteiger partial charge in [0.15, 0.2) is 11.6 Å². The van der Waals surface area contributed by atoms with Gasteiger partial charge in [-0.3, -0.25) is 9.19 Å². The molecule has 8 nitrogen and oxygen atoms in total. The van der Waals surface area contributed by atoms with E-state index in [1.54, 1.807) is 36.5 Å². The molecular weight excluding hydrogens is 423 g/mol. The number of morpholine rings is 1. The fourth-order valence-corrected chi connectivity index (χ4v) is 3.66. The summed E-state index contributed by atoms with van der Waals surface area (Å²) in [4.78, 5) is 11.3. The fourth-order valence-electron chi connectivity index (χ4n) is 3.35. The second-order valence-electron chi connectivity index (χ2n) is 7.08. The number of anilines is 1. The van der Waals surface area contributed by atoms with Crippen LogP contribution in [-0.2, 0) is 22.4 Å². The summed E-state index contributed by atoms with van der Waals surface area (Å²) in [5, 5.41) is 0. The van der Waals surface area contributed by atoms with Crippen molar-refractivity contribution < 1.29 is 22.6 Å². The van der Waals surface area contributed by atoms with Crippen molar-refractivity contribution in [2.24, 2.45) is 0 Å². The first-order valence-corrected chi connectivity index (χ1v) is 11.0. The van der Waals surface area contributed by atoms with Crippen molar-refractivity contribution >= 4 is 28.1 Å². The number of rotatable bonds is 8. The molecule has 1 aliphatic heterocycles. The molecule has 0 saturated carbocycles. The standard InChI is InChI=1S/C21H23FN4O4S/c22-17-5-3-15(2-1-7-24-31(27)28)12-20(17)30-16-4-6-18-19(13-16)25-21(14-23-18)26-8-10-29-11-9-26/h3-6,12-14,24H,1-2,7-11H2,(H,27,28)/p-1. The average molecular weight is 445 g/mol. The van der Waals surface area contributed by atoms with E-state index in [9.17, 15) is 13.2 Å². The highest BCUT2D eigenvalue weighted by atomic mass is 32.2. The van der Waals surface area contributed by atoms with Crippen LogP contribution in [0.1, 0.15) is 12.0 Å². The minimum Gasteiger partial charge on any atom is -0.760 e. The summed E-state index contributed by atoms with van der Waals surface area (Å²) in [6, 6.07) is 9.90. The first-order chi connectivity index (χ1) is 15.1. The smallest absolute Gasteiger partial charge is 0.165 e. The first-order valence-electron chi connectivity index (χ1n) is 9.97. The van der Waals surface area contributed by atoms with Gasteiger partial charge in [-0.2, -0.15) is 0 Å². The number of aryl methyl sites for hydroxylation is 1. The molecule has 0 amide bonds. The van der Waals surface area contributed by atoms with E-state index in [0.717, 1.165) is 30.0 Å². The van der Waals surface area contributed by atoms with Gasteiger partial charge in [-0.05, 0) is 42.7 Å². The van der Waals surface area contributed by atoms with E-state index >= 15 is 0 Å². The highest BCUT2D eigenvalue weighted by Crippen LogP contribution is 2.28. The number of nitrogens with one attached hydrogen (secondary N) is 1. The Morgan fingerprint density at radius 2 is 2.03 bits per heavy atom. The Bertz CT molecular complexity index is 1080. The molecule has 4 rings (SSSR count). The summed E-state index contributed by atoms with van der Waals surface area (Å²) in [6.45, 7) is 3.15. The molecule has 1 fully saturated rings. The molecule has 31 heavy (non-hydrogen) atoms. The lowest BCUT2D eigenvalue weighted by Crippen LogP contribution is -2.36. The first kappa shape index (κ1) is 21.6. The van der Waals surface area contributed by atoms with Gasteiger partial charge >= 0.3 is 0 Å². The fraction of sp³-hybridized carbons (Fsp3) is 0.333. The van der Waals surface area contributed by atoms with E-state index in [1.165, 1.54) is 6.07 Å². The second kappa shape index (κ2) is 10.1. The van der Waals surface area contributed by atoms with Crippen molar-refractivity contribution in [1.82, 2.24) is 14.7 Å². The normalized spacial score (nSPS) is 15.2. The number of hydrogen-bond donors (Lipinski definition) is 1. The molecular formula is C21H22FN4O4S-. The maximum absolute atomic E-state index is 14.3. The number of nitrogens with zero attached hydrogens (tertiary/aromatic N) is 3. The summed E-state index contributed by atoms with van der Waals surface area (Å²) >= 11 is -2.28. The van der Waals surface area contributed by atoms with Gasteiger partial charge in [-0.1, -0.05) is 6.07 Å². The largest absolute Gasteiger partial charge is 0.760 e. The molecule has 2 aromatic carbocycles. The Morgan fingerprint density at radius 1 is 1.19 bits per heavy atom. The Morgan fingerprint density at radius 3 is 2.84 bits per heavy atom. The third-order valence-electron chi connectivity index (χ3n) is 4.92. The molecule has 1 atom stereocenters. The zero-order chi connectivity index (χ0) is 21.6. The van der Waals surface area contributed by atoms with E-state index in [-0.39, 0.29) is 5.75 Å². The Labute approximate surface area is 181 Å². The lowest BCUT2D eigenvalue weighted by molar-refractivity contribution is 0.122. The van der Waals surface area contributed by atoms with E-state index in [4.69, 9.17) is 9.47 Å². The summed E-state index contributed by atoms with van der Waals surface area (Å²) < 4.78 is 48.8. The van der Waals surface area contributed by atoms with Crippen LogP contribution in [0.25, 0.3) is 11.0 Å². The Balaban J connectivity index is 1.49. The van der Waals surface area contributed by atoms with E-state index in [1.807, 2.05) is 0 Å².